The normalized spacial score (nSPS) is 15.3. The van der Waals surface area contributed by atoms with Crippen molar-refractivity contribution in [2.75, 3.05) is 25.0 Å². The van der Waals surface area contributed by atoms with Crippen LogP contribution in [0.3, 0.4) is 0 Å². The van der Waals surface area contributed by atoms with Gasteiger partial charge in [0.15, 0.2) is 0 Å². The Morgan fingerprint density at radius 2 is 1.35 bits per heavy atom. The van der Waals surface area contributed by atoms with E-state index in [1.165, 1.54) is 33.5 Å². The van der Waals surface area contributed by atoms with Crippen LogP contribution < -0.4 is 4.90 Å². The van der Waals surface area contributed by atoms with Gasteiger partial charge >= 0.3 is 11.9 Å². The predicted molar refractivity (Wildman–Crippen MR) is 146 cm³/mol. The molecule has 5 rings (SSSR count). The minimum Gasteiger partial charge on any atom is -0.478 e. The first-order chi connectivity index (χ1) is 17.9. The number of carboxylic acids is 2. The van der Waals surface area contributed by atoms with Crippen LogP contribution in [-0.2, 0) is 22.7 Å². The number of hydrogen-bond acceptors (Lipinski definition) is 4. The van der Waals surface area contributed by atoms with Crippen molar-refractivity contribution in [2.45, 2.75) is 25.9 Å². The van der Waals surface area contributed by atoms with Crippen molar-refractivity contribution in [1.29, 1.82) is 0 Å². The SMILES string of the molecule is CN1CCC(=C2c3ccccc3CN(Cc3ccccc3)c3ccccc32)CC1.O=C(O)/C=C\C(=O)O. The lowest BCUT2D eigenvalue weighted by atomic mass is 9.86. The minimum absolute atomic E-state index is 0.558. The Hall–Kier alpha value is -4.16. The first-order valence-corrected chi connectivity index (χ1v) is 12.4. The molecular weight excluding hydrogens is 464 g/mol. The molecule has 6 heteroatoms. The number of carboxylic acid groups (broad SMARTS) is 2. The molecule has 1 fully saturated rings. The van der Waals surface area contributed by atoms with E-state index >= 15 is 0 Å². The van der Waals surface area contributed by atoms with E-state index in [-0.39, 0.29) is 0 Å². The summed E-state index contributed by atoms with van der Waals surface area (Å²) in [5.41, 5.74) is 10.1. The summed E-state index contributed by atoms with van der Waals surface area (Å²) < 4.78 is 0. The Morgan fingerprint density at radius 3 is 2.00 bits per heavy atom. The van der Waals surface area contributed by atoms with Crippen molar-refractivity contribution in [3.05, 3.63) is 119 Å². The van der Waals surface area contributed by atoms with E-state index in [2.05, 4.69) is 95.7 Å². The summed E-state index contributed by atoms with van der Waals surface area (Å²) in [7, 11) is 2.23. The zero-order chi connectivity index (χ0) is 26.2. The summed E-state index contributed by atoms with van der Waals surface area (Å²) in [6, 6.07) is 28.9. The van der Waals surface area contributed by atoms with E-state index in [4.69, 9.17) is 10.2 Å². The van der Waals surface area contributed by atoms with Gasteiger partial charge < -0.3 is 20.0 Å². The van der Waals surface area contributed by atoms with Crippen molar-refractivity contribution >= 4 is 23.2 Å². The topological polar surface area (TPSA) is 81.1 Å². The number of aliphatic carboxylic acids is 2. The first kappa shape index (κ1) is 25.9. The van der Waals surface area contributed by atoms with Crippen LogP contribution in [-0.4, -0.2) is 47.2 Å². The third-order valence-corrected chi connectivity index (χ3v) is 6.69. The van der Waals surface area contributed by atoms with Gasteiger partial charge in [-0.15, -0.1) is 0 Å². The van der Waals surface area contributed by atoms with Gasteiger partial charge in [-0.05, 0) is 48.2 Å². The zero-order valence-corrected chi connectivity index (χ0v) is 21.0. The average Bonchev–Trinajstić information content (AvgIpc) is 3.04. The summed E-state index contributed by atoms with van der Waals surface area (Å²) in [6.07, 6.45) is 3.44. The van der Waals surface area contributed by atoms with Crippen molar-refractivity contribution in [3.63, 3.8) is 0 Å². The molecule has 6 nitrogen and oxygen atoms in total. The summed E-state index contributed by atoms with van der Waals surface area (Å²) in [5.74, 6) is -2.51. The highest BCUT2D eigenvalue weighted by molar-refractivity contribution is 5.91. The second-order valence-electron chi connectivity index (χ2n) is 9.31. The molecule has 37 heavy (non-hydrogen) atoms. The van der Waals surface area contributed by atoms with Gasteiger partial charge in [0.25, 0.3) is 0 Å². The Balaban J connectivity index is 0.000000349. The highest BCUT2D eigenvalue weighted by Gasteiger charge is 2.26. The van der Waals surface area contributed by atoms with Gasteiger partial charge in [-0.1, -0.05) is 78.4 Å². The molecule has 190 valence electrons. The molecule has 0 atom stereocenters. The summed E-state index contributed by atoms with van der Waals surface area (Å²) >= 11 is 0. The van der Waals surface area contributed by atoms with Crippen molar-refractivity contribution in [3.8, 4) is 0 Å². The molecule has 2 aliphatic rings. The Kier molecular flexibility index (Phi) is 8.54. The van der Waals surface area contributed by atoms with E-state index in [0.717, 1.165) is 39.0 Å². The number of carbonyl (C=O) groups is 2. The molecule has 0 bridgehead atoms. The number of anilines is 1. The maximum atomic E-state index is 9.55. The molecule has 0 radical (unpaired) electrons. The zero-order valence-electron chi connectivity index (χ0n) is 21.0. The van der Waals surface area contributed by atoms with Crippen molar-refractivity contribution < 1.29 is 19.8 Å². The van der Waals surface area contributed by atoms with E-state index in [1.54, 1.807) is 5.57 Å². The van der Waals surface area contributed by atoms with Crippen LogP contribution in [0.15, 0.2) is 96.6 Å². The van der Waals surface area contributed by atoms with E-state index in [9.17, 15) is 9.59 Å². The smallest absolute Gasteiger partial charge is 0.328 e. The fourth-order valence-corrected chi connectivity index (χ4v) is 4.91. The van der Waals surface area contributed by atoms with Gasteiger partial charge in [-0.25, -0.2) is 9.59 Å². The van der Waals surface area contributed by atoms with Crippen LogP contribution in [0.25, 0.3) is 5.57 Å². The lowest BCUT2D eigenvalue weighted by Gasteiger charge is -2.28. The summed E-state index contributed by atoms with van der Waals surface area (Å²) in [4.78, 5) is 24.1. The third-order valence-electron chi connectivity index (χ3n) is 6.69. The number of piperidine rings is 1. The predicted octanol–water partition coefficient (Wildman–Crippen LogP) is 5.45. The molecule has 0 aromatic heterocycles. The van der Waals surface area contributed by atoms with Gasteiger partial charge in [0, 0.05) is 49.6 Å². The molecule has 2 heterocycles. The van der Waals surface area contributed by atoms with Gasteiger partial charge in [-0.2, -0.15) is 0 Å². The van der Waals surface area contributed by atoms with Crippen LogP contribution >= 0.6 is 0 Å². The van der Waals surface area contributed by atoms with Crippen LogP contribution in [0.1, 0.15) is 35.1 Å². The molecular formula is C31H32N2O4. The third kappa shape index (κ3) is 6.74. The fraction of sp³-hybridized carbons (Fsp3) is 0.226. The molecule has 3 aromatic rings. The quantitative estimate of drug-likeness (QED) is 0.468. The Labute approximate surface area is 217 Å². The number of rotatable bonds is 4. The molecule has 0 unspecified atom stereocenters. The highest BCUT2D eigenvalue weighted by atomic mass is 16.4. The monoisotopic (exact) mass is 496 g/mol. The molecule has 3 aromatic carbocycles. The van der Waals surface area contributed by atoms with Crippen molar-refractivity contribution in [2.24, 2.45) is 0 Å². The first-order valence-electron chi connectivity index (χ1n) is 12.4. The van der Waals surface area contributed by atoms with Crippen LogP contribution in [0.2, 0.25) is 0 Å². The molecule has 0 saturated carbocycles. The number of fused-ring (bicyclic) bond motifs is 2. The number of nitrogens with zero attached hydrogens (tertiary/aromatic N) is 2. The lowest BCUT2D eigenvalue weighted by molar-refractivity contribution is -0.134. The molecule has 2 N–H and O–H groups in total. The maximum Gasteiger partial charge on any atom is 0.328 e. The number of para-hydroxylation sites is 1. The molecule has 1 saturated heterocycles. The largest absolute Gasteiger partial charge is 0.478 e. The average molecular weight is 497 g/mol. The number of benzene rings is 3. The van der Waals surface area contributed by atoms with Gasteiger partial charge in [-0.3, -0.25) is 0 Å². The van der Waals surface area contributed by atoms with Crippen LogP contribution in [0.5, 0.6) is 0 Å². The summed E-state index contributed by atoms with van der Waals surface area (Å²) in [6.45, 7) is 4.17. The maximum absolute atomic E-state index is 9.55. The van der Waals surface area contributed by atoms with Crippen LogP contribution in [0.4, 0.5) is 5.69 Å². The minimum atomic E-state index is -1.26. The van der Waals surface area contributed by atoms with Crippen molar-refractivity contribution in [1.82, 2.24) is 4.90 Å². The van der Waals surface area contributed by atoms with Gasteiger partial charge in [0.1, 0.15) is 0 Å². The second kappa shape index (κ2) is 12.2. The molecule has 0 spiro atoms. The van der Waals surface area contributed by atoms with Gasteiger partial charge in [0.05, 0.1) is 0 Å². The van der Waals surface area contributed by atoms with E-state index in [0.29, 0.717) is 12.2 Å². The number of hydrogen-bond donors (Lipinski definition) is 2. The molecule has 0 aliphatic carbocycles. The van der Waals surface area contributed by atoms with E-state index in [1.807, 2.05) is 0 Å². The molecule has 2 aliphatic heterocycles. The lowest BCUT2D eigenvalue weighted by Crippen LogP contribution is -2.27. The Morgan fingerprint density at radius 1 is 0.784 bits per heavy atom. The van der Waals surface area contributed by atoms with Crippen LogP contribution in [0, 0.1) is 0 Å². The summed E-state index contributed by atoms with van der Waals surface area (Å²) in [5, 5.41) is 15.6. The second-order valence-corrected chi connectivity index (χ2v) is 9.31. The highest BCUT2D eigenvalue weighted by Crippen LogP contribution is 2.42. The number of likely N-dealkylation sites (tertiary alicyclic amines) is 1. The Bertz CT molecular complexity index is 1290. The fourth-order valence-electron chi connectivity index (χ4n) is 4.91. The molecule has 0 amide bonds. The van der Waals surface area contributed by atoms with Gasteiger partial charge in [0.2, 0.25) is 0 Å². The van der Waals surface area contributed by atoms with E-state index < -0.39 is 11.9 Å². The standard InChI is InChI=1S/C27H28N2.C4H4O4/c1-28-17-15-22(16-18-28)27-24-12-6-5-11-23(24)20-29(19-21-9-3-2-4-10-21)26-14-8-7-13-25(26)27;5-3(6)1-2-4(7)8/h2-14H,15-20H2,1H3;1-2H,(H,5,6)(H,7,8)/b;2-1-.